The van der Waals surface area contributed by atoms with Crippen LogP contribution in [0.2, 0.25) is 0 Å². The van der Waals surface area contributed by atoms with Gasteiger partial charge in [0.1, 0.15) is 0 Å². The third-order valence-corrected chi connectivity index (χ3v) is 4.46. The molecule has 0 saturated heterocycles. The first-order valence-electron chi connectivity index (χ1n) is 6.34. The fraction of sp³-hybridized carbons (Fsp3) is 0.733. The van der Waals surface area contributed by atoms with Gasteiger partial charge in [-0.3, -0.25) is 0 Å². The first-order valence-corrected chi connectivity index (χ1v) is 6.34. The molecule has 2 aliphatic carbocycles. The van der Waals surface area contributed by atoms with Gasteiger partial charge in [-0.05, 0) is 49.4 Å². The Bertz CT molecular complexity index is 293. The zero-order valence-electron chi connectivity index (χ0n) is 10.6. The molecule has 0 aromatic carbocycles. The highest BCUT2D eigenvalue weighted by Crippen LogP contribution is 2.47. The average Bonchev–Trinajstić information content (AvgIpc) is 2.26. The Hall–Kier alpha value is -0.520. The van der Waals surface area contributed by atoms with Crippen molar-refractivity contribution in [3.63, 3.8) is 0 Å². The Morgan fingerprint density at radius 3 is 2.80 bits per heavy atom. The molecule has 0 saturated carbocycles. The molecule has 0 radical (unpaired) electrons. The first kappa shape index (κ1) is 11.0. The molecule has 0 fully saturated rings. The molecule has 2 aliphatic rings. The van der Waals surface area contributed by atoms with Crippen molar-refractivity contribution in [1.29, 1.82) is 0 Å². The summed E-state index contributed by atoms with van der Waals surface area (Å²) in [5.41, 5.74) is 2.06. The molecule has 84 valence electrons. The lowest BCUT2D eigenvalue weighted by Gasteiger charge is -2.41. The van der Waals surface area contributed by atoms with Gasteiger partial charge in [0.2, 0.25) is 0 Å². The molecule has 0 aromatic heterocycles. The molecule has 0 spiro atoms. The van der Waals surface area contributed by atoms with E-state index in [0.717, 1.165) is 17.8 Å². The van der Waals surface area contributed by atoms with E-state index in [1.807, 2.05) is 0 Å². The molecule has 0 amide bonds. The van der Waals surface area contributed by atoms with Gasteiger partial charge >= 0.3 is 0 Å². The number of fused-ring (bicyclic) bond motifs is 1. The Labute approximate surface area is 94.5 Å². The summed E-state index contributed by atoms with van der Waals surface area (Å²) in [6.07, 6.45) is 11.4. The highest BCUT2D eigenvalue weighted by Gasteiger charge is 2.38. The van der Waals surface area contributed by atoms with E-state index in [1.165, 1.54) is 19.3 Å². The fourth-order valence-electron chi connectivity index (χ4n) is 3.35. The monoisotopic (exact) mass is 204 g/mol. The van der Waals surface area contributed by atoms with Crippen molar-refractivity contribution in [3.8, 4) is 0 Å². The predicted molar refractivity (Wildman–Crippen MR) is 66.7 cm³/mol. The standard InChI is InChI=1S/C15H24/c1-11-7-8-13-12(2)6-5-9-15(3,4)14(13)10-11/h5-6,10,12-14H,7-9H2,1-4H3/t12-,13+,14-/m1/s1. The van der Waals surface area contributed by atoms with Gasteiger partial charge in [0.15, 0.2) is 0 Å². The van der Waals surface area contributed by atoms with Crippen LogP contribution in [-0.4, -0.2) is 0 Å². The molecule has 0 heteroatoms. The van der Waals surface area contributed by atoms with E-state index >= 15 is 0 Å². The van der Waals surface area contributed by atoms with Gasteiger partial charge in [0.25, 0.3) is 0 Å². The van der Waals surface area contributed by atoms with E-state index in [-0.39, 0.29) is 0 Å². The second kappa shape index (κ2) is 3.81. The SMILES string of the molecule is CC1=C[C@@H]2[C@@H](CC1)[C@H](C)C=CCC2(C)C. The average molecular weight is 204 g/mol. The summed E-state index contributed by atoms with van der Waals surface area (Å²) >= 11 is 0. The van der Waals surface area contributed by atoms with Crippen LogP contribution in [0.5, 0.6) is 0 Å². The topological polar surface area (TPSA) is 0 Å². The number of hydrogen-bond donors (Lipinski definition) is 0. The summed E-state index contributed by atoms with van der Waals surface area (Å²) in [5.74, 6) is 2.43. The Balaban J connectivity index is 2.34. The van der Waals surface area contributed by atoms with E-state index in [2.05, 4.69) is 45.9 Å². The van der Waals surface area contributed by atoms with Gasteiger partial charge in [-0.15, -0.1) is 0 Å². The van der Waals surface area contributed by atoms with Crippen molar-refractivity contribution in [2.45, 2.75) is 47.0 Å². The van der Waals surface area contributed by atoms with Crippen molar-refractivity contribution in [2.75, 3.05) is 0 Å². The third kappa shape index (κ3) is 2.04. The van der Waals surface area contributed by atoms with E-state index < -0.39 is 0 Å². The molecule has 2 rings (SSSR count). The van der Waals surface area contributed by atoms with Crippen LogP contribution in [0.3, 0.4) is 0 Å². The molecule has 0 aromatic rings. The second-order valence-corrected chi connectivity index (χ2v) is 6.22. The third-order valence-electron chi connectivity index (χ3n) is 4.46. The largest absolute Gasteiger partial charge is 0.0877 e. The van der Waals surface area contributed by atoms with Crippen molar-refractivity contribution in [2.24, 2.45) is 23.2 Å². The highest BCUT2D eigenvalue weighted by molar-refractivity contribution is 5.15. The van der Waals surface area contributed by atoms with Crippen LogP contribution in [0.15, 0.2) is 23.8 Å². The lowest BCUT2D eigenvalue weighted by Crippen LogP contribution is -2.32. The van der Waals surface area contributed by atoms with Gasteiger partial charge in [-0.25, -0.2) is 0 Å². The maximum absolute atomic E-state index is 2.57. The molecule has 0 N–H and O–H groups in total. The van der Waals surface area contributed by atoms with Crippen molar-refractivity contribution >= 4 is 0 Å². The molecular weight excluding hydrogens is 180 g/mol. The summed E-state index contributed by atoms with van der Waals surface area (Å²) in [7, 11) is 0. The van der Waals surface area contributed by atoms with E-state index in [1.54, 1.807) is 5.57 Å². The van der Waals surface area contributed by atoms with Gasteiger partial charge in [0.05, 0.1) is 0 Å². The maximum Gasteiger partial charge on any atom is -0.0143 e. The molecule has 0 nitrogen and oxygen atoms in total. The minimum absolute atomic E-state index is 0.452. The highest BCUT2D eigenvalue weighted by atomic mass is 14.4. The van der Waals surface area contributed by atoms with E-state index in [9.17, 15) is 0 Å². The van der Waals surface area contributed by atoms with Crippen LogP contribution >= 0.6 is 0 Å². The van der Waals surface area contributed by atoms with Crippen LogP contribution in [-0.2, 0) is 0 Å². The van der Waals surface area contributed by atoms with Crippen LogP contribution in [0, 0.1) is 23.2 Å². The zero-order chi connectivity index (χ0) is 11.1. The van der Waals surface area contributed by atoms with Gasteiger partial charge < -0.3 is 0 Å². The lowest BCUT2D eigenvalue weighted by molar-refractivity contribution is 0.150. The van der Waals surface area contributed by atoms with Crippen LogP contribution in [0.1, 0.15) is 47.0 Å². The Kier molecular flexibility index (Phi) is 2.79. The number of rotatable bonds is 0. The molecule has 0 unspecified atom stereocenters. The van der Waals surface area contributed by atoms with Crippen LogP contribution < -0.4 is 0 Å². The zero-order valence-corrected chi connectivity index (χ0v) is 10.6. The Morgan fingerprint density at radius 1 is 1.33 bits per heavy atom. The van der Waals surface area contributed by atoms with Crippen LogP contribution in [0.4, 0.5) is 0 Å². The lowest BCUT2D eigenvalue weighted by atomic mass is 9.64. The Morgan fingerprint density at radius 2 is 2.07 bits per heavy atom. The number of allylic oxidation sites excluding steroid dienone is 4. The van der Waals surface area contributed by atoms with Gasteiger partial charge in [0, 0.05) is 0 Å². The maximum atomic E-state index is 2.57. The number of hydrogen-bond acceptors (Lipinski definition) is 0. The predicted octanol–water partition coefficient (Wildman–Crippen LogP) is 4.58. The quantitative estimate of drug-likeness (QED) is 0.507. The van der Waals surface area contributed by atoms with Gasteiger partial charge in [-0.1, -0.05) is 44.6 Å². The molecule has 0 heterocycles. The molecule has 3 atom stereocenters. The van der Waals surface area contributed by atoms with Crippen molar-refractivity contribution < 1.29 is 0 Å². The molecule has 0 bridgehead atoms. The minimum atomic E-state index is 0.452. The summed E-state index contributed by atoms with van der Waals surface area (Å²) in [4.78, 5) is 0. The smallest absolute Gasteiger partial charge is 0.0143 e. The van der Waals surface area contributed by atoms with E-state index in [0.29, 0.717) is 5.41 Å². The molecular formula is C15H24. The summed E-state index contributed by atoms with van der Waals surface area (Å²) < 4.78 is 0. The second-order valence-electron chi connectivity index (χ2n) is 6.22. The fourth-order valence-corrected chi connectivity index (χ4v) is 3.35. The van der Waals surface area contributed by atoms with Crippen molar-refractivity contribution in [1.82, 2.24) is 0 Å². The molecule has 15 heavy (non-hydrogen) atoms. The minimum Gasteiger partial charge on any atom is -0.0877 e. The van der Waals surface area contributed by atoms with Gasteiger partial charge in [-0.2, -0.15) is 0 Å². The summed E-state index contributed by atoms with van der Waals surface area (Å²) in [6.45, 7) is 9.56. The normalized spacial score (nSPS) is 39.2. The first-order chi connectivity index (χ1) is 7.00. The molecule has 0 aliphatic heterocycles. The van der Waals surface area contributed by atoms with E-state index in [4.69, 9.17) is 0 Å². The summed E-state index contributed by atoms with van der Waals surface area (Å²) in [6, 6.07) is 0. The summed E-state index contributed by atoms with van der Waals surface area (Å²) in [5, 5.41) is 0. The van der Waals surface area contributed by atoms with Crippen LogP contribution in [0.25, 0.3) is 0 Å². The van der Waals surface area contributed by atoms with Crippen molar-refractivity contribution in [3.05, 3.63) is 23.8 Å².